The molecule has 1 heterocycles. The summed E-state index contributed by atoms with van der Waals surface area (Å²) in [5.41, 5.74) is 14.6. The number of nitrogens with two attached hydrogens (primary N) is 2. The van der Waals surface area contributed by atoms with Crippen LogP contribution in [0.5, 0.6) is 0 Å². The van der Waals surface area contributed by atoms with Crippen molar-refractivity contribution in [1.29, 1.82) is 0 Å². The van der Waals surface area contributed by atoms with Crippen LogP contribution in [0.15, 0.2) is 35.5 Å². The van der Waals surface area contributed by atoms with E-state index in [0.717, 1.165) is 31.7 Å². The number of aryl methyl sites for hydroxylation is 1. The normalized spacial score (nSPS) is 17.6. The Morgan fingerprint density at radius 3 is 2.47 bits per heavy atom. The summed E-state index contributed by atoms with van der Waals surface area (Å²) in [6.45, 7) is 5.67. The maximum Gasteiger partial charge on any atom is 0.196 e. The second-order valence-electron chi connectivity index (χ2n) is 4.62. The number of rotatable bonds is 2. The van der Waals surface area contributed by atoms with Gasteiger partial charge in [-0.25, -0.2) is 4.99 Å². The molecule has 1 aliphatic heterocycles. The zero-order valence-electron chi connectivity index (χ0n) is 11.3. The predicted octanol–water partition coefficient (Wildman–Crippen LogP) is 0.472. The lowest BCUT2D eigenvalue weighted by Gasteiger charge is -2.28. The van der Waals surface area contributed by atoms with E-state index >= 15 is 0 Å². The third-order valence-electron chi connectivity index (χ3n) is 3.18. The molecule has 5 heteroatoms. The van der Waals surface area contributed by atoms with Gasteiger partial charge in [-0.2, -0.15) is 0 Å². The lowest BCUT2D eigenvalue weighted by molar-refractivity contribution is 0.354. The first-order valence-corrected chi connectivity index (χ1v) is 6.49. The summed E-state index contributed by atoms with van der Waals surface area (Å²) in [6, 6.07) is 8.08. The van der Waals surface area contributed by atoms with Crippen molar-refractivity contribution in [2.45, 2.75) is 6.92 Å². The molecule has 0 bridgehead atoms. The first-order chi connectivity index (χ1) is 9.20. The van der Waals surface area contributed by atoms with Crippen LogP contribution in [0.25, 0.3) is 5.70 Å². The van der Waals surface area contributed by atoms with E-state index in [1.54, 1.807) is 0 Å². The van der Waals surface area contributed by atoms with Crippen LogP contribution in [0, 0.1) is 6.92 Å². The van der Waals surface area contributed by atoms with Gasteiger partial charge in [0.2, 0.25) is 0 Å². The maximum atomic E-state index is 6.04. The van der Waals surface area contributed by atoms with Gasteiger partial charge in [-0.3, -0.25) is 0 Å². The van der Waals surface area contributed by atoms with Crippen LogP contribution in [0.2, 0.25) is 0 Å². The average Bonchev–Trinajstić information content (AvgIpc) is 2.46. The van der Waals surface area contributed by atoms with Gasteiger partial charge in [-0.05, 0) is 6.92 Å². The Hall–Kier alpha value is -2.01. The van der Waals surface area contributed by atoms with Crippen LogP contribution in [-0.2, 0) is 0 Å². The fourth-order valence-electron chi connectivity index (χ4n) is 2.01. The summed E-state index contributed by atoms with van der Waals surface area (Å²) >= 11 is 0. The second kappa shape index (κ2) is 6.24. The van der Waals surface area contributed by atoms with E-state index in [2.05, 4.69) is 15.2 Å². The minimum Gasteiger partial charge on any atom is -0.403 e. The first kappa shape index (κ1) is 13.4. The highest BCUT2D eigenvalue weighted by atomic mass is 15.3. The quantitative estimate of drug-likeness (QED) is 0.533. The zero-order valence-corrected chi connectivity index (χ0v) is 11.3. The SMILES string of the molecule is Cc1ccc(/C(=C/N)N=C(N)N2CCNCC2)cc1. The fourth-order valence-corrected chi connectivity index (χ4v) is 2.01. The van der Waals surface area contributed by atoms with Crippen LogP contribution < -0.4 is 16.8 Å². The van der Waals surface area contributed by atoms with E-state index in [4.69, 9.17) is 11.5 Å². The molecule has 5 N–H and O–H groups in total. The second-order valence-corrected chi connectivity index (χ2v) is 4.62. The van der Waals surface area contributed by atoms with Gasteiger partial charge < -0.3 is 21.7 Å². The highest BCUT2D eigenvalue weighted by Gasteiger charge is 2.12. The van der Waals surface area contributed by atoms with Crippen molar-refractivity contribution in [3.63, 3.8) is 0 Å². The molecular formula is C14H21N5. The van der Waals surface area contributed by atoms with E-state index in [0.29, 0.717) is 11.7 Å². The Morgan fingerprint density at radius 2 is 1.89 bits per heavy atom. The molecule has 1 aromatic carbocycles. The van der Waals surface area contributed by atoms with Gasteiger partial charge in [0.15, 0.2) is 5.96 Å². The maximum absolute atomic E-state index is 6.04. The molecule has 1 aliphatic rings. The summed E-state index contributed by atoms with van der Waals surface area (Å²) in [7, 11) is 0. The zero-order chi connectivity index (χ0) is 13.7. The lowest BCUT2D eigenvalue weighted by Crippen LogP contribution is -2.49. The Bertz CT molecular complexity index is 469. The largest absolute Gasteiger partial charge is 0.403 e. The Labute approximate surface area is 114 Å². The molecule has 1 fully saturated rings. The van der Waals surface area contributed by atoms with Gasteiger partial charge >= 0.3 is 0 Å². The summed E-state index contributed by atoms with van der Waals surface area (Å²) in [5.74, 6) is 0.527. The van der Waals surface area contributed by atoms with Gasteiger partial charge in [-0.15, -0.1) is 0 Å². The molecule has 0 atom stereocenters. The molecule has 0 saturated carbocycles. The van der Waals surface area contributed by atoms with Crippen LogP contribution in [0.4, 0.5) is 0 Å². The number of nitrogens with zero attached hydrogens (tertiary/aromatic N) is 2. The highest BCUT2D eigenvalue weighted by molar-refractivity contribution is 5.85. The summed E-state index contributed by atoms with van der Waals surface area (Å²) in [4.78, 5) is 6.51. The molecule has 0 amide bonds. The van der Waals surface area contributed by atoms with Crippen molar-refractivity contribution in [1.82, 2.24) is 10.2 Å². The van der Waals surface area contributed by atoms with Gasteiger partial charge in [-0.1, -0.05) is 29.8 Å². The molecular weight excluding hydrogens is 238 g/mol. The van der Waals surface area contributed by atoms with Crippen molar-refractivity contribution in [2.75, 3.05) is 26.2 Å². The van der Waals surface area contributed by atoms with Gasteiger partial charge in [0, 0.05) is 37.9 Å². The van der Waals surface area contributed by atoms with Crippen molar-refractivity contribution < 1.29 is 0 Å². The standard InChI is InChI=1S/C14H21N5/c1-11-2-4-12(5-3-11)13(10-15)18-14(16)19-8-6-17-7-9-19/h2-5,10,17H,6-9,15H2,1H3,(H2,16,18)/b13-10-. The molecule has 2 rings (SSSR count). The molecule has 5 nitrogen and oxygen atoms in total. The van der Waals surface area contributed by atoms with E-state index in [9.17, 15) is 0 Å². The van der Waals surface area contributed by atoms with E-state index < -0.39 is 0 Å². The number of benzene rings is 1. The summed E-state index contributed by atoms with van der Waals surface area (Å²) in [6.07, 6.45) is 1.50. The van der Waals surface area contributed by atoms with Crippen LogP contribution in [-0.4, -0.2) is 37.0 Å². The molecule has 19 heavy (non-hydrogen) atoms. The van der Waals surface area contributed by atoms with Crippen molar-refractivity contribution in [3.8, 4) is 0 Å². The van der Waals surface area contributed by atoms with Gasteiger partial charge in [0.25, 0.3) is 0 Å². The molecule has 1 aromatic rings. The monoisotopic (exact) mass is 259 g/mol. The minimum atomic E-state index is 0.527. The minimum absolute atomic E-state index is 0.527. The molecule has 0 radical (unpaired) electrons. The number of hydrogen-bond acceptors (Lipinski definition) is 3. The highest BCUT2D eigenvalue weighted by Crippen LogP contribution is 2.15. The predicted molar refractivity (Wildman–Crippen MR) is 79.4 cm³/mol. The molecule has 1 saturated heterocycles. The number of nitrogens with one attached hydrogen (secondary N) is 1. The van der Waals surface area contributed by atoms with Crippen molar-refractivity contribution >= 4 is 11.7 Å². The molecule has 0 aliphatic carbocycles. The molecule has 0 spiro atoms. The summed E-state index contributed by atoms with van der Waals surface area (Å²) in [5, 5.41) is 3.28. The number of piperazine rings is 1. The molecule has 0 unspecified atom stereocenters. The fraction of sp³-hybridized carbons (Fsp3) is 0.357. The Kier molecular flexibility index (Phi) is 4.41. The van der Waals surface area contributed by atoms with Crippen LogP contribution in [0.1, 0.15) is 11.1 Å². The number of guanidine groups is 1. The van der Waals surface area contributed by atoms with Gasteiger partial charge in [0.05, 0.1) is 5.70 Å². The average molecular weight is 259 g/mol. The number of aliphatic imine (C=N–C) groups is 1. The first-order valence-electron chi connectivity index (χ1n) is 6.49. The topological polar surface area (TPSA) is 79.7 Å². The van der Waals surface area contributed by atoms with Crippen molar-refractivity contribution in [2.24, 2.45) is 16.5 Å². The van der Waals surface area contributed by atoms with Crippen LogP contribution in [0.3, 0.4) is 0 Å². The lowest BCUT2D eigenvalue weighted by atomic mass is 10.1. The van der Waals surface area contributed by atoms with Crippen molar-refractivity contribution in [3.05, 3.63) is 41.6 Å². The Morgan fingerprint density at radius 1 is 1.26 bits per heavy atom. The molecule has 102 valence electrons. The van der Waals surface area contributed by atoms with E-state index in [1.807, 2.05) is 31.2 Å². The van der Waals surface area contributed by atoms with Crippen LogP contribution >= 0.6 is 0 Å². The molecule has 0 aromatic heterocycles. The Balaban J connectivity index is 2.15. The third kappa shape index (κ3) is 3.48. The number of hydrogen-bond donors (Lipinski definition) is 3. The van der Waals surface area contributed by atoms with E-state index in [1.165, 1.54) is 11.8 Å². The van der Waals surface area contributed by atoms with Gasteiger partial charge in [0.1, 0.15) is 0 Å². The van der Waals surface area contributed by atoms with E-state index in [-0.39, 0.29) is 0 Å². The smallest absolute Gasteiger partial charge is 0.196 e. The third-order valence-corrected chi connectivity index (χ3v) is 3.18. The summed E-state index contributed by atoms with van der Waals surface area (Å²) < 4.78 is 0.